The summed E-state index contributed by atoms with van der Waals surface area (Å²) >= 11 is 0. The van der Waals surface area contributed by atoms with E-state index >= 15 is 0 Å². The highest BCUT2D eigenvalue weighted by Crippen LogP contribution is 2.37. The maximum Gasteiger partial charge on any atom is 0.325 e. The second-order valence-electron chi connectivity index (χ2n) is 7.06. The van der Waals surface area contributed by atoms with E-state index in [4.69, 9.17) is 4.74 Å². The molecule has 2 aliphatic rings. The van der Waals surface area contributed by atoms with Crippen molar-refractivity contribution >= 4 is 5.97 Å². The minimum Gasteiger partial charge on any atom is -0.468 e. The van der Waals surface area contributed by atoms with E-state index in [0.29, 0.717) is 0 Å². The van der Waals surface area contributed by atoms with Gasteiger partial charge < -0.3 is 15.0 Å². The number of carbonyl (C=O) groups excluding carboxylic acids is 1. The van der Waals surface area contributed by atoms with Gasteiger partial charge in [0.1, 0.15) is 5.54 Å². The van der Waals surface area contributed by atoms with Gasteiger partial charge in [-0.25, -0.2) is 0 Å². The Morgan fingerprint density at radius 2 is 2.00 bits per heavy atom. The lowest BCUT2D eigenvalue weighted by Crippen LogP contribution is -2.50. The highest BCUT2D eigenvalue weighted by molar-refractivity contribution is 5.80. The van der Waals surface area contributed by atoms with Crippen molar-refractivity contribution in [2.24, 2.45) is 11.8 Å². The molecule has 4 nitrogen and oxygen atoms in total. The molecule has 1 saturated carbocycles. The van der Waals surface area contributed by atoms with Crippen LogP contribution < -0.4 is 5.32 Å². The van der Waals surface area contributed by atoms with Crippen molar-refractivity contribution in [3.8, 4) is 0 Å². The van der Waals surface area contributed by atoms with Crippen molar-refractivity contribution in [1.29, 1.82) is 0 Å². The molecule has 2 rings (SSSR count). The highest BCUT2D eigenvalue weighted by Gasteiger charge is 2.37. The predicted octanol–water partition coefficient (Wildman–Crippen LogP) is 2.43. The molecule has 3 unspecified atom stereocenters. The van der Waals surface area contributed by atoms with Crippen molar-refractivity contribution < 1.29 is 9.53 Å². The topological polar surface area (TPSA) is 41.6 Å². The lowest BCUT2D eigenvalue weighted by atomic mass is 9.95. The molecule has 1 N–H and O–H groups in total. The van der Waals surface area contributed by atoms with Crippen LogP contribution in [0.4, 0.5) is 0 Å². The number of fused-ring (bicyclic) bond motifs is 1. The van der Waals surface area contributed by atoms with E-state index in [1.165, 1.54) is 39.5 Å². The Balaban J connectivity index is 1.75. The van der Waals surface area contributed by atoms with Crippen molar-refractivity contribution in [3.63, 3.8) is 0 Å². The molecule has 0 spiro atoms. The third-order valence-electron chi connectivity index (χ3n) is 5.35. The minimum absolute atomic E-state index is 0.130. The zero-order valence-electron chi connectivity index (χ0n) is 14.0. The quantitative estimate of drug-likeness (QED) is 0.699. The summed E-state index contributed by atoms with van der Waals surface area (Å²) in [4.78, 5) is 14.6. The van der Waals surface area contributed by atoms with Gasteiger partial charge in [0.05, 0.1) is 7.11 Å². The SMILES string of the molecule is CCCNC(C)(CCCN1CC2CCCC2C1)C(=O)OC. The fourth-order valence-corrected chi connectivity index (χ4v) is 4.06. The summed E-state index contributed by atoms with van der Waals surface area (Å²) in [6, 6.07) is 0. The molecule has 1 aliphatic carbocycles. The molecule has 0 radical (unpaired) electrons. The van der Waals surface area contributed by atoms with Gasteiger partial charge in [-0.05, 0) is 64.0 Å². The maximum atomic E-state index is 12.0. The van der Waals surface area contributed by atoms with Crippen LogP contribution >= 0.6 is 0 Å². The Hall–Kier alpha value is -0.610. The summed E-state index contributed by atoms with van der Waals surface area (Å²) in [7, 11) is 1.48. The molecule has 21 heavy (non-hydrogen) atoms. The van der Waals surface area contributed by atoms with Crippen molar-refractivity contribution in [2.75, 3.05) is 33.3 Å². The van der Waals surface area contributed by atoms with Crippen LogP contribution in [-0.2, 0) is 9.53 Å². The molecule has 0 bridgehead atoms. The summed E-state index contributed by atoms with van der Waals surface area (Å²) in [6.07, 6.45) is 7.23. The second-order valence-corrected chi connectivity index (χ2v) is 7.06. The standard InChI is InChI=1S/C17H32N2O2/c1-4-10-18-17(2,16(20)21-3)9-6-11-19-12-14-7-5-8-15(14)13-19/h14-15,18H,4-13H2,1-3H3. The summed E-state index contributed by atoms with van der Waals surface area (Å²) in [5.74, 6) is 1.78. The molecule has 3 atom stereocenters. The molecular weight excluding hydrogens is 264 g/mol. The minimum atomic E-state index is -0.527. The van der Waals surface area contributed by atoms with Gasteiger partial charge in [-0.2, -0.15) is 0 Å². The van der Waals surface area contributed by atoms with Crippen LogP contribution in [0, 0.1) is 11.8 Å². The number of carbonyl (C=O) groups is 1. The maximum absolute atomic E-state index is 12.0. The summed E-state index contributed by atoms with van der Waals surface area (Å²) in [5.41, 5.74) is -0.527. The second kappa shape index (κ2) is 7.59. The first kappa shape index (κ1) is 16.8. The number of hydrogen-bond donors (Lipinski definition) is 1. The van der Waals surface area contributed by atoms with Crippen molar-refractivity contribution in [2.45, 2.75) is 57.9 Å². The number of esters is 1. The fraction of sp³-hybridized carbons (Fsp3) is 0.941. The molecule has 1 aliphatic heterocycles. The van der Waals surface area contributed by atoms with Gasteiger partial charge in [-0.3, -0.25) is 4.79 Å². The average molecular weight is 296 g/mol. The number of ether oxygens (including phenoxy) is 1. The largest absolute Gasteiger partial charge is 0.468 e. The number of hydrogen-bond acceptors (Lipinski definition) is 4. The van der Waals surface area contributed by atoms with Crippen molar-refractivity contribution in [3.05, 3.63) is 0 Å². The molecule has 0 amide bonds. The van der Waals surface area contributed by atoms with Crippen LogP contribution in [0.2, 0.25) is 0 Å². The van der Waals surface area contributed by atoms with E-state index in [1.807, 2.05) is 6.92 Å². The summed E-state index contributed by atoms with van der Waals surface area (Å²) in [6.45, 7) is 8.64. The Labute approximate surface area is 129 Å². The van der Waals surface area contributed by atoms with Gasteiger partial charge in [0.25, 0.3) is 0 Å². The van der Waals surface area contributed by atoms with Gasteiger partial charge in [-0.1, -0.05) is 13.3 Å². The van der Waals surface area contributed by atoms with E-state index in [0.717, 1.165) is 44.2 Å². The van der Waals surface area contributed by atoms with Gasteiger partial charge in [0, 0.05) is 13.1 Å². The summed E-state index contributed by atoms with van der Waals surface area (Å²) in [5, 5.41) is 3.37. The first-order chi connectivity index (χ1) is 10.1. The number of nitrogens with one attached hydrogen (secondary N) is 1. The van der Waals surface area contributed by atoms with Crippen LogP contribution in [0.1, 0.15) is 52.4 Å². The van der Waals surface area contributed by atoms with Gasteiger partial charge in [-0.15, -0.1) is 0 Å². The Kier molecular flexibility index (Phi) is 6.06. The smallest absolute Gasteiger partial charge is 0.325 e. The molecule has 0 aromatic rings. The van der Waals surface area contributed by atoms with Crippen LogP contribution in [0.15, 0.2) is 0 Å². The fourth-order valence-electron chi connectivity index (χ4n) is 4.06. The van der Waals surface area contributed by atoms with Gasteiger partial charge >= 0.3 is 5.97 Å². The monoisotopic (exact) mass is 296 g/mol. The lowest BCUT2D eigenvalue weighted by Gasteiger charge is -2.29. The van der Waals surface area contributed by atoms with Crippen LogP contribution in [0.25, 0.3) is 0 Å². The van der Waals surface area contributed by atoms with Crippen molar-refractivity contribution in [1.82, 2.24) is 10.2 Å². The highest BCUT2D eigenvalue weighted by atomic mass is 16.5. The van der Waals surface area contributed by atoms with E-state index in [9.17, 15) is 4.79 Å². The Morgan fingerprint density at radius 1 is 1.33 bits per heavy atom. The molecule has 1 heterocycles. The molecule has 0 aromatic carbocycles. The number of methoxy groups -OCH3 is 1. The first-order valence-corrected chi connectivity index (χ1v) is 8.65. The van der Waals surface area contributed by atoms with E-state index < -0.39 is 5.54 Å². The zero-order chi connectivity index (χ0) is 15.3. The number of nitrogens with zero attached hydrogens (tertiary/aromatic N) is 1. The summed E-state index contributed by atoms with van der Waals surface area (Å²) < 4.78 is 4.98. The van der Waals surface area contributed by atoms with Gasteiger partial charge in [0.2, 0.25) is 0 Å². The van der Waals surface area contributed by atoms with E-state index in [1.54, 1.807) is 0 Å². The normalized spacial score (nSPS) is 28.3. The molecule has 122 valence electrons. The van der Waals surface area contributed by atoms with Gasteiger partial charge in [0.15, 0.2) is 0 Å². The van der Waals surface area contributed by atoms with E-state index in [-0.39, 0.29) is 5.97 Å². The zero-order valence-corrected chi connectivity index (χ0v) is 14.0. The molecule has 0 aromatic heterocycles. The predicted molar refractivity (Wildman–Crippen MR) is 85.2 cm³/mol. The lowest BCUT2D eigenvalue weighted by molar-refractivity contribution is -0.148. The molecule has 4 heteroatoms. The molecule has 2 fully saturated rings. The Bertz CT molecular complexity index is 336. The molecule has 1 saturated heterocycles. The van der Waals surface area contributed by atoms with Crippen LogP contribution in [0.5, 0.6) is 0 Å². The first-order valence-electron chi connectivity index (χ1n) is 8.65. The third kappa shape index (κ3) is 4.19. The molecular formula is C17H32N2O2. The Morgan fingerprint density at radius 3 is 2.57 bits per heavy atom. The van der Waals surface area contributed by atoms with E-state index in [2.05, 4.69) is 17.1 Å². The van der Waals surface area contributed by atoms with Crippen LogP contribution in [-0.4, -0.2) is 49.7 Å². The number of rotatable bonds is 8. The average Bonchev–Trinajstić information content (AvgIpc) is 3.05. The van der Waals surface area contributed by atoms with Crippen LogP contribution in [0.3, 0.4) is 0 Å². The third-order valence-corrected chi connectivity index (χ3v) is 5.35. The number of likely N-dealkylation sites (tertiary alicyclic amines) is 1.